The molecule has 0 aliphatic carbocycles. The van der Waals surface area contributed by atoms with Gasteiger partial charge in [-0.3, -0.25) is 4.79 Å². The number of carbonyl (C=O) groups excluding carboxylic acids is 2. The van der Waals surface area contributed by atoms with Crippen LogP contribution in [0.1, 0.15) is 5.56 Å². The van der Waals surface area contributed by atoms with Crippen molar-refractivity contribution in [1.29, 1.82) is 0 Å². The zero-order valence-electron chi connectivity index (χ0n) is 15.2. The van der Waals surface area contributed by atoms with Crippen LogP contribution in [0.2, 0.25) is 5.02 Å². The zero-order valence-corrected chi connectivity index (χ0v) is 15.9. The number of amides is 3. The predicted octanol–water partition coefficient (Wildman–Crippen LogP) is 3.40. The number of benzene rings is 2. The summed E-state index contributed by atoms with van der Waals surface area (Å²) < 4.78 is 5.57. The molecule has 0 spiro atoms. The Morgan fingerprint density at radius 3 is 2.37 bits per heavy atom. The first-order valence-electron chi connectivity index (χ1n) is 8.80. The van der Waals surface area contributed by atoms with Crippen LogP contribution in [0.15, 0.2) is 48.5 Å². The second kappa shape index (κ2) is 8.77. The lowest BCUT2D eigenvalue weighted by Crippen LogP contribution is -2.52. The Balaban J connectivity index is 1.44. The summed E-state index contributed by atoms with van der Waals surface area (Å²) in [6.07, 6.45) is 0. The van der Waals surface area contributed by atoms with Crippen LogP contribution >= 0.6 is 11.6 Å². The van der Waals surface area contributed by atoms with Crippen LogP contribution in [0.25, 0.3) is 0 Å². The molecule has 1 saturated heterocycles. The summed E-state index contributed by atoms with van der Waals surface area (Å²) in [5.41, 5.74) is 1.77. The zero-order chi connectivity index (χ0) is 19.2. The molecule has 1 fully saturated rings. The average Bonchev–Trinajstić information content (AvgIpc) is 2.68. The molecule has 2 aromatic carbocycles. The largest absolute Gasteiger partial charge is 0.484 e. The molecule has 142 valence electrons. The molecule has 0 radical (unpaired) electrons. The van der Waals surface area contributed by atoms with Crippen molar-refractivity contribution in [3.05, 3.63) is 59.1 Å². The Morgan fingerprint density at radius 1 is 1.04 bits per heavy atom. The third kappa shape index (κ3) is 5.37. The summed E-state index contributed by atoms with van der Waals surface area (Å²) >= 11 is 5.84. The highest BCUT2D eigenvalue weighted by Crippen LogP contribution is 2.15. The summed E-state index contributed by atoms with van der Waals surface area (Å²) in [5.74, 6) is 0.610. The standard InChI is InChI=1S/C20H22ClN3O3/c1-15-3-2-4-18(13-15)27-14-19(25)23-9-11-24(12-10-23)20(26)22-17-7-5-16(21)6-8-17/h2-8,13H,9-12,14H2,1H3,(H,22,26). The van der Waals surface area contributed by atoms with Crippen molar-refractivity contribution in [2.45, 2.75) is 6.92 Å². The van der Waals surface area contributed by atoms with E-state index in [1.807, 2.05) is 31.2 Å². The summed E-state index contributed by atoms with van der Waals surface area (Å²) in [7, 11) is 0. The predicted molar refractivity (Wildman–Crippen MR) is 105 cm³/mol. The summed E-state index contributed by atoms with van der Waals surface area (Å²) in [6, 6.07) is 14.4. The van der Waals surface area contributed by atoms with Gasteiger partial charge in [0.05, 0.1) is 0 Å². The smallest absolute Gasteiger partial charge is 0.321 e. The Bertz CT molecular complexity index is 802. The van der Waals surface area contributed by atoms with E-state index in [0.29, 0.717) is 42.6 Å². The van der Waals surface area contributed by atoms with E-state index in [2.05, 4.69) is 5.32 Å². The van der Waals surface area contributed by atoms with Gasteiger partial charge in [-0.05, 0) is 48.9 Å². The van der Waals surface area contributed by atoms with Crippen LogP contribution < -0.4 is 10.1 Å². The second-order valence-corrected chi connectivity index (χ2v) is 6.85. The number of urea groups is 1. The highest BCUT2D eigenvalue weighted by atomic mass is 35.5. The fourth-order valence-electron chi connectivity index (χ4n) is 2.84. The molecule has 1 N–H and O–H groups in total. The first-order chi connectivity index (χ1) is 13.0. The molecule has 1 aliphatic rings. The number of halogens is 1. The van der Waals surface area contributed by atoms with E-state index >= 15 is 0 Å². The van der Waals surface area contributed by atoms with Crippen molar-refractivity contribution in [3.63, 3.8) is 0 Å². The number of aryl methyl sites for hydroxylation is 1. The van der Waals surface area contributed by atoms with Crippen LogP contribution in [0.4, 0.5) is 10.5 Å². The Morgan fingerprint density at radius 2 is 1.70 bits per heavy atom. The van der Waals surface area contributed by atoms with E-state index in [0.717, 1.165) is 5.56 Å². The maximum absolute atomic E-state index is 12.3. The number of hydrogen-bond acceptors (Lipinski definition) is 3. The molecule has 0 aromatic heterocycles. The van der Waals surface area contributed by atoms with Gasteiger partial charge in [0.2, 0.25) is 0 Å². The molecule has 1 aliphatic heterocycles. The van der Waals surface area contributed by atoms with Crippen LogP contribution in [-0.4, -0.2) is 54.5 Å². The molecule has 0 bridgehead atoms. The van der Waals surface area contributed by atoms with E-state index in [1.165, 1.54) is 0 Å². The van der Waals surface area contributed by atoms with Crippen molar-refractivity contribution in [1.82, 2.24) is 9.80 Å². The fourth-order valence-corrected chi connectivity index (χ4v) is 2.96. The number of anilines is 1. The molecule has 7 heteroatoms. The van der Waals surface area contributed by atoms with Crippen molar-refractivity contribution in [2.75, 3.05) is 38.1 Å². The Hall–Kier alpha value is -2.73. The minimum atomic E-state index is -0.180. The minimum absolute atomic E-state index is 0.000421. The van der Waals surface area contributed by atoms with E-state index in [4.69, 9.17) is 16.3 Å². The molecule has 6 nitrogen and oxygen atoms in total. The molecular formula is C20H22ClN3O3. The number of carbonyl (C=O) groups is 2. The summed E-state index contributed by atoms with van der Waals surface area (Å²) in [4.78, 5) is 28.1. The van der Waals surface area contributed by atoms with Gasteiger partial charge < -0.3 is 19.9 Å². The van der Waals surface area contributed by atoms with Gasteiger partial charge >= 0.3 is 6.03 Å². The molecule has 0 unspecified atom stereocenters. The molecule has 3 rings (SSSR count). The SMILES string of the molecule is Cc1cccc(OCC(=O)N2CCN(C(=O)Nc3ccc(Cl)cc3)CC2)c1. The fraction of sp³-hybridized carbons (Fsp3) is 0.300. The van der Waals surface area contributed by atoms with Gasteiger partial charge in [-0.25, -0.2) is 4.79 Å². The first-order valence-corrected chi connectivity index (χ1v) is 9.18. The lowest BCUT2D eigenvalue weighted by molar-refractivity contribution is -0.134. The van der Waals surface area contributed by atoms with Gasteiger partial charge in [-0.15, -0.1) is 0 Å². The van der Waals surface area contributed by atoms with E-state index in [9.17, 15) is 9.59 Å². The molecule has 0 saturated carbocycles. The lowest BCUT2D eigenvalue weighted by Gasteiger charge is -2.34. The molecule has 0 atom stereocenters. The maximum Gasteiger partial charge on any atom is 0.321 e. The first kappa shape index (κ1) is 19.0. The monoisotopic (exact) mass is 387 g/mol. The number of ether oxygens (including phenoxy) is 1. The number of nitrogens with one attached hydrogen (secondary N) is 1. The average molecular weight is 388 g/mol. The van der Waals surface area contributed by atoms with Crippen LogP contribution in [0, 0.1) is 6.92 Å². The van der Waals surface area contributed by atoms with Crippen molar-refractivity contribution >= 4 is 29.2 Å². The highest BCUT2D eigenvalue weighted by Gasteiger charge is 2.24. The molecule has 27 heavy (non-hydrogen) atoms. The van der Waals surface area contributed by atoms with Gasteiger partial charge in [-0.2, -0.15) is 0 Å². The van der Waals surface area contributed by atoms with Crippen molar-refractivity contribution < 1.29 is 14.3 Å². The van der Waals surface area contributed by atoms with Crippen molar-refractivity contribution in [3.8, 4) is 5.75 Å². The third-order valence-corrected chi connectivity index (χ3v) is 4.62. The highest BCUT2D eigenvalue weighted by molar-refractivity contribution is 6.30. The van der Waals surface area contributed by atoms with Gasteiger partial charge in [0.15, 0.2) is 6.61 Å². The topological polar surface area (TPSA) is 61.9 Å². The third-order valence-electron chi connectivity index (χ3n) is 4.37. The summed E-state index contributed by atoms with van der Waals surface area (Å²) in [5, 5.41) is 3.45. The van der Waals surface area contributed by atoms with Gasteiger partial charge in [0, 0.05) is 36.9 Å². The molecule has 1 heterocycles. The van der Waals surface area contributed by atoms with Crippen LogP contribution in [0.3, 0.4) is 0 Å². The van der Waals surface area contributed by atoms with Gasteiger partial charge in [0.25, 0.3) is 5.91 Å². The van der Waals surface area contributed by atoms with E-state index in [-0.39, 0.29) is 18.5 Å². The van der Waals surface area contributed by atoms with Crippen LogP contribution in [0.5, 0.6) is 5.75 Å². The molecule has 3 amide bonds. The molecule has 2 aromatic rings. The summed E-state index contributed by atoms with van der Waals surface area (Å²) in [6.45, 7) is 3.92. The quantitative estimate of drug-likeness (QED) is 0.874. The number of piperazine rings is 1. The van der Waals surface area contributed by atoms with E-state index < -0.39 is 0 Å². The maximum atomic E-state index is 12.3. The number of hydrogen-bond donors (Lipinski definition) is 1. The Labute approximate surface area is 163 Å². The molecular weight excluding hydrogens is 366 g/mol. The van der Waals surface area contributed by atoms with Gasteiger partial charge in [-0.1, -0.05) is 23.7 Å². The van der Waals surface area contributed by atoms with Crippen LogP contribution in [-0.2, 0) is 4.79 Å². The van der Waals surface area contributed by atoms with E-state index in [1.54, 1.807) is 34.1 Å². The number of nitrogens with zero attached hydrogens (tertiary/aromatic N) is 2. The van der Waals surface area contributed by atoms with Gasteiger partial charge in [0.1, 0.15) is 5.75 Å². The second-order valence-electron chi connectivity index (χ2n) is 6.41. The Kier molecular flexibility index (Phi) is 6.19. The lowest BCUT2D eigenvalue weighted by atomic mass is 10.2. The minimum Gasteiger partial charge on any atom is -0.484 e. The number of rotatable bonds is 4. The normalized spacial score (nSPS) is 14.0. The van der Waals surface area contributed by atoms with Crippen molar-refractivity contribution in [2.24, 2.45) is 0 Å².